The van der Waals surface area contributed by atoms with Crippen LogP contribution in [0.3, 0.4) is 0 Å². The molecule has 0 spiro atoms. The van der Waals surface area contributed by atoms with E-state index < -0.39 is 0 Å². The SMILES string of the molecule is O=C(NC1CC1)C1CCCN(c2ccc(-n3cncn3)nn2)C1. The standard InChI is InChI=1S/C15H19N7O/c23-15(18-12-3-4-12)11-2-1-7-21(8-11)13-5-6-14(20-19-13)22-10-16-9-17-22/h5-6,9-12H,1-4,7-8H2,(H,18,23). The predicted octanol–water partition coefficient (Wildman–Crippen LogP) is 0.552. The zero-order chi connectivity index (χ0) is 15.6. The first-order valence-corrected chi connectivity index (χ1v) is 8.03. The van der Waals surface area contributed by atoms with E-state index in [2.05, 4.69) is 30.5 Å². The minimum atomic E-state index is 0.0427. The zero-order valence-corrected chi connectivity index (χ0v) is 12.8. The highest BCUT2D eigenvalue weighted by Crippen LogP contribution is 2.24. The molecule has 0 radical (unpaired) electrons. The second kappa shape index (κ2) is 5.94. The average molecular weight is 313 g/mol. The van der Waals surface area contributed by atoms with E-state index in [-0.39, 0.29) is 11.8 Å². The molecule has 8 nitrogen and oxygen atoms in total. The van der Waals surface area contributed by atoms with Crippen molar-refractivity contribution in [2.75, 3.05) is 18.0 Å². The number of aromatic nitrogens is 5. The van der Waals surface area contributed by atoms with Gasteiger partial charge < -0.3 is 10.2 Å². The van der Waals surface area contributed by atoms with Crippen LogP contribution < -0.4 is 10.2 Å². The first kappa shape index (κ1) is 14.1. The Bertz CT molecular complexity index is 666. The molecule has 1 amide bonds. The van der Waals surface area contributed by atoms with E-state index in [9.17, 15) is 4.79 Å². The molecule has 8 heteroatoms. The molecule has 0 aromatic carbocycles. The van der Waals surface area contributed by atoms with Crippen molar-refractivity contribution in [1.82, 2.24) is 30.3 Å². The largest absolute Gasteiger partial charge is 0.354 e. The van der Waals surface area contributed by atoms with Crippen molar-refractivity contribution in [1.29, 1.82) is 0 Å². The van der Waals surface area contributed by atoms with Gasteiger partial charge in [-0.2, -0.15) is 5.10 Å². The molecule has 0 bridgehead atoms. The molecule has 4 rings (SSSR count). The number of hydrogen-bond donors (Lipinski definition) is 1. The smallest absolute Gasteiger partial charge is 0.225 e. The highest BCUT2D eigenvalue weighted by atomic mass is 16.2. The summed E-state index contributed by atoms with van der Waals surface area (Å²) in [6, 6.07) is 4.20. The second-order valence-corrected chi connectivity index (χ2v) is 6.16. The van der Waals surface area contributed by atoms with Gasteiger partial charge in [0.05, 0.1) is 5.92 Å². The fourth-order valence-corrected chi connectivity index (χ4v) is 2.88. The number of hydrogen-bond acceptors (Lipinski definition) is 6. The molecule has 3 heterocycles. The van der Waals surface area contributed by atoms with Crippen LogP contribution in [0.5, 0.6) is 0 Å². The van der Waals surface area contributed by atoms with E-state index in [0.717, 1.165) is 38.0 Å². The maximum atomic E-state index is 12.2. The minimum Gasteiger partial charge on any atom is -0.354 e. The highest BCUT2D eigenvalue weighted by molar-refractivity contribution is 5.80. The van der Waals surface area contributed by atoms with Gasteiger partial charge >= 0.3 is 0 Å². The third-order valence-electron chi connectivity index (χ3n) is 4.33. The van der Waals surface area contributed by atoms with Gasteiger partial charge in [-0.15, -0.1) is 10.2 Å². The molecule has 1 saturated heterocycles. The molecule has 120 valence electrons. The Hall–Kier alpha value is -2.51. The van der Waals surface area contributed by atoms with Gasteiger partial charge in [-0.1, -0.05) is 0 Å². The second-order valence-electron chi connectivity index (χ2n) is 6.16. The fourth-order valence-electron chi connectivity index (χ4n) is 2.88. The summed E-state index contributed by atoms with van der Waals surface area (Å²) >= 11 is 0. The number of piperidine rings is 1. The summed E-state index contributed by atoms with van der Waals surface area (Å²) in [5.41, 5.74) is 0. The topological polar surface area (TPSA) is 88.8 Å². The lowest BCUT2D eigenvalue weighted by Crippen LogP contribution is -2.44. The van der Waals surface area contributed by atoms with Crippen LogP contribution in [-0.2, 0) is 4.79 Å². The molecule has 2 fully saturated rings. The Morgan fingerprint density at radius 1 is 1.17 bits per heavy atom. The molecule has 1 atom stereocenters. The maximum absolute atomic E-state index is 12.2. The number of amides is 1. The summed E-state index contributed by atoms with van der Waals surface area (Å²) in [5.74, 6) is 1.66. The maximum Gasteiger partial charge on any atom is 0.225 e. The Balaban J connectivity index is 1.43. The van der Waals surface area contributed by atoms with Gasteiger partial charge in [0.2, 0.25) is 5.91 Å². The van der Waals surface area contributed by atoms with Crippen LogP contribution in [-0.4, -0.2) is 50.0 Å². The van der Waals surface area contributed by atoms with Crippen molar-refractivity contribution >= 4 is 11.7 Å². The summed E-state index contributed by atoms with van der Waals surface area (Å²) in [5, 5.41) is 15.6. The van der Waals surface area contributed by atoms with Crippen LogP contribution in [0.4, 0.5) is 5.82 Å². The van der Waals surface area contributed by atoms with Crippen molar-refractivity contribution in [2.24, 2.45) is 5.92 Å². The molecule has 2 aromatic heterocycles. The van der Waals surface area contributed by atoms with Crippen molar-refractivity contribution in [3.8, 4) is 5.82 Å². The number of nitrogens with zero attached hydrogens (tertiary/aromatic N) is 6. The average Bonchev–Trinajstić information content (AvgIpc) is 3.24. The van der Waals surface area contributed by atoms with E-state index in [0.29, 0.717) is 18.4 Å². The number of anilines is 1. The molecule has 2 aliphatic rings. The highest BCUT2D eigenvalue weighted by Gasteiger charge is 2.30. The lowest BCUT2D eigenvalue weighted by molar-refractivity contribution is -0.125. The number of carbonyl (C=O) groups excluding carboxylic acids is 1. The molecule has 1 aliphatic carbocycles. The lowest BCUT2D eigenvalue weighted by atomic mass is 9.97. The first-order valence-electron chi connectivity index (χ1n) is 8.03. The van der Waals surface area contributed by atoms with Gasteiger partial charge in [0.25, 0.3) is 0 Å². The van der Waals surface area contributed by atoms with Crippen molar-refractivity contribution in [3.63, 3.8) is 0 Å². The molecule has 1 unspecified atom stereocenters. The molecule has 1 aliphatic heterocycles. The van der Waals surface area contributed by atoms with Crippen LogP contribution in [0.25, 0.3) is 5.82 Å². The first-order chi connectivity index (χ1) is 11.3. The minimum absolute atomic E-state index is 0.0427. The predicted molar refractivity (Wildman–Crippen MR) is 83.1 cm³/mol. The van der Waals surface area contributed by atoms with Crippen LogP contribution in [0.2, 0.25) is 0 Å². The van der Waals surface area contributed by atoms with Crippen LogP contribution in [0.15, 0.2) is 24.8 Å². The number of carbonyl (C=O) groups is 1. The Morgan fingerprint density at radius 2 is 2.00 bits per heavy atom. The van der Waals surface area contributed by atoms with Gasteiger partial charge in [0.1, 0.15) is 12.7 Å². The van der Waals surface area contributed by atoms with Crippen molar-refractivity contribution in [2.45, 2.75) is 31.7 Å². The van der Waals surface area contributed by atoms with E-state index in [1.807, 2.05) is 12.1 Å². The van der Waals surface area contributed by atoms with Gasteiger partial charge in [-0.05, 0) is 37.8 Å². The third kappa shape index (κ3) is 3.15. The van der Waals surface area contributed by atoms with Gasteiger partial charge in [-0.3, -0.25) is 4.79 Å². The third-order valence-corrected chi connectivity index (χ3v) is 4.33. The molecular weight excluding hydrogens is 294 g/mol. The van der Waals surface area contributed by atoms with Crippen molar-refractivity contribution in [3.05, 3.63) is 24.8 Å². The van der Waals surface area contributed by atoms with Crippen LogP contribution in [0.1, 0.15) is 25.7 Å². The molecule has 1 saturated carbocycles. The summed E-state index contributed by atoms with van der Waals surface area (Å²) in [6.07, 6.45) is 7.23. The van der Waals surface area contributed by atoms with Crippen LogP contribution in [0, 0.1) is 5.92 Å². The van der Waals surface area contributed by atoms with Crippen LogP contribution >= 0.6 is 0 Å². The Morgan fingerprint density at radius 3 is 2.70 bits per heavy atom. The van der Waals surface area contributed by atoms with E-state index in [1.54, 1.807) is 11.0 Å². The van der Waals surface area contributed by atoms with E-state index in [4.69, 9.17) is 0 Å². The summed E-state index contributed by atoms with van der Waals surface area (Å²) < 4.78 is 1.57. The van der Waals surface area contributed by atoms with Gasteiger partial charge in [0.15, 0.2) is 11.6 Å². The van der Waals surface area contributed by atoms with Gasteiger partial charge in [-0.25, -0.2) is 9.67 Å². The number of rotatable bonds is 4. The quantitative estimate of drug-likeness (QED) is 0.887. The summed E-state index contributed by atoms with van der Waals surface area (Å²) in [7, 11) is 0. The lowest BCUT2D eigenvalue weighted by Gasteiger charge is -2.32. The Labute approximate surface area is 133 Å². The monoisotopic (exact) mass is 313 g/mol. The molecule has 1 N–H and O–H groups in total. The molecule has 2 aromatic rings. The number of nitrogens with one attached hydrogen (secondary N) is 1. The summed E-state index contributed by atoms with van der Waals surface area (Å²) in [4.78, 5) is 18.3. The molecular formula is C15H19N7O. The van der Waals surface area contributed by atoms with Gasteiger partial charge in [0, 0.05) is 19.1 Å². The van der Waals surface area contributed by atoms with Crippen molar-refractivity contribution < 1.29 is 4.79 Å². The zero-order valence-electron chi connectivity index (χ0n) is 12.8. The fraction of sp³-hybridized carbons (Fsp3) is 0.533. The van der Waals surface area contributed by atoms with E-state index >= 15 is 0 Å². The van der Waals surface area contributed by atoms with E-state index in [1.165, 1.54) is 6.33 Å². The summed E-state index contributed by atoms with van der Waals surface area (Å²) in [6.45, 7) is 1.61. The Kier molecular flexibility index (Phi) is 3.64. The normalized spacial score (nSPS) is 21.2. The molecule has 23 heavy (non-hydrogen) atoms.